The van der Waals surface area contributed by atoms with Crippen molar-refractivity contribution in [1.29, 1.82) is 0 Å². The zero-order chi connectivity index (χ0) is 21.8. The van der Waals surface area contributed by atoms with Crippen LogP contribution in [0.5, 0.6) is 0 Å². The van der Waals surface area contributed by atoms with Crippen LogP contribution in [0.3, 0.4) is 0 Å². The van der Waals surface area contributed by atoms with Crippen molar-refractivity contribution in [3.63, 3.8) is 0 Å². The van der Waals surface area contributed by atoms with Gasteiger partial charge in [0.15, 0.2) is 5.78 Å². The molecule has 0 fully saturated rings. The largest absolute Gasteiger partial charge is 0.309 e. The Kier molecular flexibility index (Phi) is 7.25. The van der Waals surface area contributed by atoms with Crippen molar-refractivity contribution >= 4 is 21.5 Å². The lowest BCUT2D eigenvalue weighted by molar-refractivity contribution is 0.0858. The van der Waals surface area contributed by atoms with Gasteiger partial charge in [0, 0.05) is 17.5 Å². The monoisotopic (exact) mass is 416 g/mol. The third-order valence-electron chi connectivity index (χ3n) is 4.65. The van der Waals surface area contributed by atoms with Crippen LogP contribution in [0.2, 0.25) is 0 Å². The van der Waals surface area contributed by atoms with Crippen LogP contribution in [-0.2, 0) is 10.0 Å². The van der Waals surface area contributed by atoms with Crippen molar-refractivity contribution in [3.8, 4) is 0 Å². The molecule has 6 heteroatoms. The Morgan fingerprint density at radius 3 is 2.14 bits per heavy atom. The molecule has 29 heavy (non-hydrogen) atoms. The van der Waals surface area contributed by atoms with Crippen LogP contribution in [0, 0.1) is 12.3 Å². The summed E-state index contributed by atoms with van der Waals surface area (Å²) in [5.41, 5.74) is 1.50. The molecule has 2 aromatic carbocycles. The fourth-order valence-electron chi connectivity index (χ4n) is 2.99. The highest BCUT2D eigenvalue weighted by Gasteiger charge is 2.27. The van der Waals surface area contributed by atoms with Crippen LogP contribution in [-0.4, -0.2) is 46.3 Å². The van der Waals surface area contributed by atoms with Gasteiger partial charge < -0.3 is 4.90 Å². The summed E-state index contributed by atoms with van der Waals surface area (Å²) >= 11 is 0. The average Bonchev–Trinajstić information content (AvgIpc) is 2.64. The number of Topliss-reactive ketones (excluding diaryl/α,β-unsaturated/α-hetero) is 1. The lowest BCUT2D eigenvalue weighted by atomic mass is 9.86. The Balaban J connectivity index is 2.48. The van der Waals surface area contributed by atoms with E-state index < -0.39 is 15.4 Å². The number of hydrogen-bond donors (Lipinski definition) is 0. The summed E-state index contributed by atoms with van der Waals surface area (Å²) in [7, 11) is 0.176. The second kappa shape index (κ2) is 9.09. The highest BCUT2D eigenvalue weighted by Crippen LogP contribution is 2.28. The number of sulfonamides is 1. The number of aryl methyl sites for hydroxylation is 1. The molecule has 0 aliphatic heterocycles. The predicted molar refractivity (Wildman–Crippen MR) is 119 cm³/mol. The van der Waals surface area contributed by atoms with Crippen molar-refractivity contribution in [2.75, 3.05) is 31.5 Å². The first-order valence-corrected chi connectivity index (χ1v) is 11.3. The van der Waals surface area contributed by atoms with E-state index >= 15 is 0 Å². The normalized spacial score (nSPS) is 12.2. The van der Waals surface area contributed by atoms with E-state index in [-0.39, 0.29) is 10.7 Å². The van der Waals surface area contributed by atoms with E-state index in [1.54, 1.807) is 48.5 Å². The first kappa shape index (κ1) is 23.1. The molecule has 0 N–H and O–H groups in total. The molecule has 0 atom stereocenters. The van der Waals surface area contributed by atoms with Crippen LogP contribution >= 0.6 is 0 Å². The van der Waals surface area contributed by atoms with E-state index in [9.17, 15) is 13.2 Å². The van der Waals surface area contributed by atoms with Gasteiger partial charge in [-0.2, -0.15) is 0 Å². The third-order valence-corrected chi connectivity index (χ3v) is 6.49. The van der Waals surface area contributed by atoms with Crippen LogP contribution in [0.1, 0.15) is 43.1 Å². The first-order valence-electron chi connectivity index (χ1n) is 9.82. The van der Waals surface area contributed by atoms with Crippen LogP contribution in [0.15, 0.2) is 53.4 Å². The van der Waals surface area contributed by atoms with Gasteiger partial charge in [0.2, 0.25) is 0 Å². The summed E-state index contributed by atoms with van der Waals surface area (Å²) in [6, 6.07) is 13.8. The Morgan fingerprint density at radius 2 is 1.59 bits per heavy atom. The standard InChI is InChI=1S/C23H32N2O3S/c1-18-11-13-21(14-12-18)29(27,28)25(16-8-15-24(5)6)20-10-7-9-19(17-20)22(26)23(2,3)4/h7,9-14,17H,8,15-16H2,1-6H3. The van der Waals surface area contributed by atoms with Gasteiger partial charge in [-0.1, -0.05) is 50.6 Å². The van der Waals surface area contributed by atoms with Gasteiger partial charge in [0.05, 0.1) is 10.6 Å². The van der Waals surface area contributed by atoms with Gasteiger partial charge in [-0.3, -0.25) is 9.10 Å². The van der Waals surface area contributed by atoms with Crippen LogP contribution in [0.25, 0.3) is 0 Å². The van der Waals surface area contributed by atoms with Crippen LogP contribution < -0.4 is 4.31 Å². The zero-order valence-corrected chi connectivity index (χ0v) is 19.1. The molecule has 0 spiro atoms. The maximum atomic E-state index is 13.4. The van der Waals surface area contributed by atoms with Crippen molar-refractivity contribution in [3.05, 3.63) is 59.7 Å². The highest BCUT2D eigenvalue weighted by molar-refractivity contribution is 7.92. The van der Waals surface area contributed by atoms with Gasteiger partial charge in [-0.05, 0) is 58.3 Å². The van der Waals surface area contributed by atoms with E-state index in [2.05, 4.69) is 0 Å². The van der Waals surface area contributed by atoms with Crippen molar-refractivity contribution in [1.82, 2.24) is 4.90 Å². The van der Waals surface area contributed by atoms with Gasteiger partial charge >= 0.3 is 0 Å². The molecule has 0 aliphatic carbocycles. The smallest absolute Gasteiger partial charge is 0.264 e. The molecule has 158 valence electrons. The second-order valence-electron chi connectivity index (χ2n) is 8.68. The quantitative estimate of drug-likeness (QED) is 0.600. The number of rotatable bonds is 8. The molecular weight excluding hydrogens is 384 g/mol. The van der Waals surface area contributed by atoms with E-state index in [1.165, 1.54) is 4.31 Å². The molecule has 2 aromatic rings. The highest BCUT2D eigenvalue weighted by atomic mass is 32.2. The minimum Gasteiger partial charge on any atom is -0.309 e. The minimum absolute atomic E-state index is 0.0136. The second-order valence-corrected chi connectivity index (χ2v) is 10.5. The molecule has 2 rings (SSSR count). The van der Waals surface area contributed by atoms with Gasteiger partial charge in [-0.15, -0.1) is 0 Å². The Morgan fingerprint density at radius 1 is 0.966 bits per heavy atom. The van der Waals surface area contributed by atoms with E-state index in [4.69, 9.17) is 0 Å². The van der Waals surface area contributed by atoms with Gasteiger partial charge in [0.1, 0.15) is 0 Å². The summed E-state index contributed by atoms with van der Waals surface area (Å²) in [6.07, 6.45) is 0.676. The molecule has 0 saturated heterocycles. The summed E-state index contributed by atoms with van der Waals surface area (Å²) in [5, 5.41) is 0. The fraction of sp³-hybridized carbons (Fsp3) is 0.435. The SMILES string of the molecule is Cc1ccc(S(=O)(=O)N(CCCN(C)C)c2cccc(C(=O)C(C)(C)C)c2)cc1. The number of nitrogens with zero attached hydrogens (tertiary/aromatic N) is 2. The van der Waals surface area contributed by atoms with Gasteiger partial charge in [0.25, 0.3) is 10.0 Å². The minimum atomic E-state index is -3.74. The first-order chi connectivity index (χ1) is 13.4. The van der Waals surface area contributed by atoms with E-state index in [0.29, 0.717) is 24.2 Å². The molecule has 0 aromatic heterocycles. The molecule has 0 bridgehead atoms. The molecule has 0 amide bonds. The molecule has 0 heterocycles. The summed E-state index contributed by atoms with van der Waals surface area (Å²) < 4.78 is 28.3. The number of hydrogen-bond acceptors (Lipinski definition) is 4. The Bertz CT molecular complexity index is 943. The van der Waals surface area contributed by atoms with E-state index in [1.807, 2.05) is 46.7 Å². The molecule has 0 unspecified atom stereocenters. The number of carbonyl (C=O) groups excluding carboxylic acids is 1. The number of ketones is 1. The van der Waals surface area contributed by atoms with E-state index in [0.717, 1.165) is 12.1 Å². The van der Waals surface area contributed by atoms with Gasteiger partial charge in [-0.25, -0.2) is 8.42 Å². The lowest BCUT2D eigenvalue weighted by Crippen LogP contribution is -2.33. The lowest BCUT2D eigenvalue weighted by Gasteiger charge is -2.26. The Hall–Kier alpha value is -2.18. The topological polar surface area (TPSA) is 57.7 Å². The fourth-order valence-corrected chi connectivity index (χ4v) is 4.49. The summed E-state index contributed by atoms with van der Waals surface area (Å²) in [4.78, 5) is 15.0. The predicted octanol–water partition coefficient (Wildman–Crippen LogP) is 4.37. The summed E-state index contributed by atoms with van der Waals surface area (Å²) in [5.74, 6) is -0.0136. The summed E-state index contributed by atoms with van der Waals surface area (Å²) in [6.45, 7) is 8.61. The Labute approximate surface area is 175 Å². The maximum Gasteiger partial charge on any atom is 0.264 e. The molecule has 0 saturated carbocycles. The number of benzene rings is 2. The molecule has 5 nitrogen and oxygen atoms in total. The van der Waals surface area contributed by atoms with Crippen molar-refractivity contribution < 1.29 is 13.2 Å². The molecule has 0 radical (unpaired) electrons. The molecule has 0 aliphatic rings. The molecular formula is C23H32N2O3S. The number of anilines is 1. The maximum absolute atomic E-state index is 13.4. The van der Waals surface area contributed by atoms with Crippen molar-refractivity contribution in [2.24, 2.45) is 5.41 Å². The van der Waals surface area contributed by atoms with Crippen LogP contribution in [0.4, 0.5) is 5.69 Å². The average molecular weight is 417 g/mol. The third kappa shape index (κ3) is 5.90. The van der Waals surface area contributed by atoms with Crippen molar-refractivity contribution in [2.45, 2.75) is 39.0 Å². The number of carbonyl (C=O) groups is 1. The zero-order valence-electron chi connectivity index (χ0n) is 18.3.